The van der Waals surface area contributed by atoms with E-state index in [2.05, 4.69) is 4.74 Å². The summed E-state index contributed by atoms with van der Waals surface area (Å²) in [6.07, 6.45) is -4.90. The number of hydrogen-bond donors (Lipinski definition) is 0. The Labute approximate surface area is 186 Å². The number of rotatable bonds is 6. The SMILES string of the molecule is COc1ccc([N+](=O)[O-])cc1C(=O)N1CCN(S(=O)(=O)c2ccc(OC(F)(F)F)cc2)CC1. The molecule has 0 unspecified atom stereocenters. The molecule has 3 rings (SSSR count). The Bertz CT molecular complexity index is 1150. The first-order valence-electron chi connectivity index (χ1n) is 9.40. The molecule has 0 saturated carbocycles. The molecule has 0 N–H and O–H groups in total. The lowest BCUT2D eigenvalue weighted by Gasteiger charge is -2.34. The normalized spacial score (nSPS) is 15.2. The van der Waals surface area contributed by atoms with E-state index in [9.17, 15) is 36.5 Å². The molecule has 0 bridgehead atoms. The Morgan fingerprint density at radius 3 is 2.18 bits per heavy atom. The molecule has 0 aromatic heterocycles. The quantitative estimate of drug-likeness (QED) is 0.452. The Hall–Kier alpha value is -3.39. The standard InChI is InChI=1S/C19H18F3N3O7S/c1-31-17-7-2-13(25(27)28)12-16(17)18(26)23-8-10-24(11-9-23)33(29,30)15-5-3-14(4-6-15)32-19(20,21)22/h2-7,12H,8-11H2,1H3. The van der Waals surface area contributed by atoms with Gasteiger partial charge in [0.1, 0.15) is 11.5 Å². The number of piperazine rings is 1. The van der Waals surface area contributed by atoms with E-state index in [1.807, 2.05) is 0 Å². The molecule has 178 valence electrons. The summed E-state index contributed by atoms with van der Waals surface area (Å²) in [6.45, 7) is -0.156. The second-order valence-corrected chi connectivity index (χ2v) is 8.80. The average Bonchev–Trinajstić information content (AvgIpc) is 2.77. The number of ether oxygens (including phenoxy) is 2. The zero-order valence-electron chi connectivity index (χ0n) is 17.1. The number of hydrogen-bond acceptors (Lipinski definition) is 7. The van der Waals surface area contributed by atoms with Gasteiger partial charge in [-0.15, -0.1) is 13.2 Å². The van der Waals surface area contributed by atoms with Crippen LogP contribution in [-0.2, 0) is 10.0 Å². The fourth-order valence-corrected chi connectivity index (χ4v) is 4.66. The molecule has 1 heterocycles. The number of carbonyl (C=O) groups excluding carboxylic acids is 1. The zero-order chi connectivity index (χ0) is 24.4. The number of sulfonamides is 1. The molecule has 1 aliphatic heterocycles. The van der Waals surface area contributed by atoms with Crippen molar-refractivity contribution in [3.05, 3.63) is 58.1 Å². The molecule has 0 atom stereocenters. The summed E-state index contributed by atoms with van der Waals surface area (Å²) in [6, 6.07) is 7.39. The van der Waals surface area contributed by atoms with Crippen molar-refractivity contribution in [3.63, 3.8) is 0 Å². The van der Waals surface area contributed by atoms with Gasteiger partial charge in [0.05, 0.1) is 22.5 Å². The van der Waals surface area contributed by atoms with Gasteiger partial charge in [-0.25, -0.2) is 8.42 Å². The van der Waals surface area contributed by atoms with Crippen LogP contribution in [0, 0.1) is 10.1 Å². The molecule has 1 saturated heterocycles. The fourth-order valence-electron chi connectivity index (χ4n) is 3.24. The van der Waals surface area contributed by atoms with Gasteiger partial charge < -0.3 is 14.4 Å². The summed E-state index contributed by atoms with van der Waals surface area (Å²) in [5.74, 6) is -0.967. The van der Waals surface area contributed by atoms with E-state index < -0.39 is 33.0 Å². The number of nitro groups is 1. The topological polar surface area (TPSA) is 119 Å². The molecule has 1 aliphatic rings. The molecule has 10 nitrogen and oxygen atoms in total. The van der Waals surface area contributed by atoms with Crippen LogP contribution in [0.5, 0.6) is 11.5 Å². The van der Waals surface area contributed by atoms with Crippen LogP contribution in [0.2, 0.25) is 0 Å². The predicted molar refractivity (Wildman–Crippen MR) is 107 cm³/mol. The van der Waals surface area contributed by atoms with Gasteiger partial charge in [0.25, 0.3) is 11.6 Å². The summed E-state index contributed by atoms with van der Waals surface area (Å²) >= 11 is 0. The minimum absolute atomic E-state index is 0.000816. The van der Waals surface area contributed by atoms with Gasteiger partial charge in [0.15, 0.2) is 0 Å². The lowest BCUT2D eigenvalue weighted by molar-refractivity contribution is -0.384. The molecule has 1 amide bonds. The third-order valence-corrected chi connectivity index (χ3v) is 6.76. The first-order chi connectivity index (χ1) is 15.4. The number of halogens is 3. The maximum Gasteiger partial charge on any atom is 0.573 e. The van der Waals surface area contributed by atoms with E-state index in [1.54, 1.807) is 0 Å². The molecule has 0 aliphatic carbocycles. The Morgan fingerprint density at radius 2 is 1.67 bits per heavy atom. The van der Waals surface area contributed by atoms with Crippen LogP contribution in [-0.4, -0.2) is 68.1 Å². The van der Waals surface area contributed by atoms with Gasteiger partial charge >= 0.3 is 6.36 Å². The summed E-state index contributed by atoms with van der Waals surface area (Å²) in [4.78, 5) is 24.4. The van der Waals surface area contributed by atoms with E-state index in [1.165, 1.54) is 24.1 Å². The van der Waals surface area contributed by atoms with Crippen molar-refractivity contribution in [3.8, 4) is 11.5 Å². The first-order valence-corrected chi connectivity index (χ1v) is 10.8. The number of amides is 1. The fraction of sp³-hybridized carbons (Fsp3) is 0.316. The van der Waals surface area contributed by atoms with Gasteiger partial charge in [-0.2, -0.15) is 4.31 Å². The van der Waals surface area contributed by atoms with Crippen LogP contribution in [0.3, 0.4) is 0 Å². The molecule has 2 aromatic rings. The predicted octanol–water partition coefficient (Wildman–Crippen LogP) is 2.65. The third-order valence-electron chi connectivity index (χ3n) is 4.85. The van der Waals surface area contributed by atoms with Crippen molar-refractivity contribution in [2.24, 2.45) is 0 Å². The van der Waals surface area contributed by atoms with Crippen LogP contribution in [0.4, 0.5) is 18.9 Å². The van der Waals surface area contributed by atoms with Gasteiger partial charge in [0, 0.05) is 38.3 Å². The Kier molecular flexibility index (Phi) is 6.78. The van der Waals surface area contributed by atoms with E-state index in [0.717, 1.165) is 34.6 Å². The molecule has 0 radical (unpaired) electrons. The second-order valence-electron chi connectivity index (χ2n) is 6.86. The summed E-state index contributed by atoms with van der Waals surface area (Å²) in [7, 11) is -2.71. The third kappa shape index (κ3) is 5.51. The van der Waals surface area contributed by atoms with E-state index in [0.29, 0.717) is 0 Å². The highest BCUT2D eigenvalue weighted by Gasteiger charge is 2.33. The zero-order valence-corrected chi connectivity index (χ0v) is 17.9. The molecular formula is C19H18F3N3O7S. The highest BCUT2D eigenvalue weighted by Crippen LogP contribution is 2.28. The maximum absolute atomic E-state index is 12.9. The number of methoxy groups -OCH3 is 1. The molecule has 33 heavy (non-hydrogen) atoms. The highest BCUT2D eigenvalue weighted by molar-refractivity contribution is 7.89. The largest absolute Gasteiger partial charge is 0.573 e. The summed E-state index contributed by atoms with van der Waals surface area (Å²) in [5.41, 5.74) is -0.318. The van der Waals surface area contributed by atoms with Crippen LogP contribution < -0.4 is 9.47 Å². The van der Waals surface area contributed by atoms with E-state index in [4.69, 9.17) is 4.74 Å². The van der Waals surface area contributed by atoms with Crippen molar-refractivity contribution in [1.82, 2.24) is 9.21 Å². The van der Waals surface area contributed by atoms with Gasteiger partial charge in [0.2, 0.25) is 10.0 Å². The molecule has 0 spiro atoms. The summed E-state index contributed by atoms with van der Waals surface area (Å²) in [5, 5.41) is 11.0. The smallest absolute Gasteiger partial charge is 0.496 e. The number of nitro benzene ring substituents is 1. The second kappa shape index (κ2) is 9.23. The van der Waals surface area contributed by atoms with Crippen molar-refractivity contribution in [1.29, 1.82) is 0 Å². The lowest BCUT2D eigenvalue weighted by Crippen LogP contribution is -2.50. The summed E-state index contributed by atoms with van der Waals surface area (Å²) < 4.78 is 72.4. The van der Waals surface area contributed by atoms with E-state index >= 15 is 0 Å². The Morgan fingerprint density at radius 1 is 1.06 bits per heavy atom. The van der Waals surface area contributed by atoms with Crippen LogP contribution in [0.15, 0.2) is 47.4 Å². The maximum atomic E-state index is 12.9. The van der Waals surface area contributed by atoms with E-state index in [-0.39, 0.29) is 48.1 Å². The lowest BCUT2D eigenvalue weighted by atomic mass is 10.1. The number of alkyl halides is 3. The molecule has 1 fully saturated rings. The number of benzene rings is 2. The molecule has 14 heteroatoms. The monoisotopic (exact) mass is 489 g/mol. The van der Waals surface area contributed by atoms with Crippen LogP contribution >= 0.6 is 0 Å². The minimum Gasteiger partial charge on any atom is -0.496 e. The number of non-ortho nitro benzene ring substituents is 1. The van der Waals surface area contributed by atoms with Crippen molar-refractivity contribution in [2.75, 3.05) is 33.3 Å². The highest BCUT2D eigenvalue weighted by atomic mass is 32.2. The van der Waals surface area contributed by atoms with Crippen LogP contribution in [0.1, 0.15) is 10.4 Å². The van der Waals surface area contributed by atoms with Gasteiger partial charge in [-0.05, 0) is 30.3 Å². The van der Waals surface area contributed by atoms with Crippen molar-refractivity contribution in [2.45, 2.75) is 11.3 Å². The molecular weight excluding hydrogens is 471 g/mol. The number of carbonyl (C=O) groups is 1. The minimum atomic E-state index is -4.90. The van der Waals surface area contributed by atoms with Gasteiger partial charge in [-0.3, -0.25) is 14.9 Å². The van der Waals surface area contributed by atoms with Crippen LogP contribution in [0.25, 0.3) is 0 Å². The van der Waals surface area contributed by atoms with Gasteiger partial charge in [-0.1, -0.05) is 0 Å². The average molecular weight is 489 g/mol. The van der Waals surface area contributed by atoms with Crippen molar-refractivity contribution >= 4 is 21.6 Å². The van der Waals surface area contributed by atoms with Crippen molar-refractivity contribution < 1.29 is 40.8 Å². The molecule has 2 aromatic carbocycles. The Balaban J connectivity index is 1.71. The first kappa shape index (κ1) is 24.3. The number of nitrogens with zero attached hydrogens (tertiary/aromatic N) is 3.